The molecule has 0 aliphatic carbocycles. The van der Waals surface area contributed by atoms with Crippen LogP contribution in [-0.2, 0) is 9.59 Å². The number of benzene rings is 2. The second kappa shape index (κ2) is 9.22. The van der Waals surface area contributed by atoms with Crippen LogP contribution in [0, 0.1) is 5.82 Å². The molecule has 26 heavy (non-hydrogen) atoms. The molecule has 0 aliphatic rings. The van der Waals surface area contributed by atoms with Crippen molar-refractivity contribution in [1.82, 2.24) is 10.9 Å². The van der Waals surface area contributed by atoms with Gasteiger partial charge >= 0.3 is 0 Å². The Morgan fingerprint density at radius 2 is 1.85 bits per heavy atom. The zero-order valence-electron chi connectivity index (χ0n) is 13.6. The molecule has 2 amide bonds. The van der Waals surface area contributed by atoms with E-state index < -0.39 is 23.7 Å². The Kier molecular flexibility index (Phi) is 7.00. The van der Waals surface area contributed by atoms with Gasteiger partial charge in [-0.1, -0.05) is 47.5 Å². The van der Waals surface area contributed by atoms with Crippen molar-refractivity contribution in [2.24, 2.45) is 0 Å². The lowest BCUT2D eigenvalue weighted by atomic mass is 10.2. The first-order valence-electron chi connectivity index (χ1n) is 7.51. The normalized spacial score (nSPS) is 11.8. The van der Waals surface area contributed by atoms with E-state index >= 15 is 0 Å². The molecule has 0 radical (unpaired) electrons. The van der Waals surface area contributed by atoms with Gasteiger partial charge in [0, 0.05) is 6.08 Å². The number of carbonyl (C=O) groups is 2. The number of hydrogen-bond acceptors (Lipinski definition) is 3. The smallest absolute Gasteiger partial charge is 0.279 e. The summed E-state index contributed by atoms with van der Waals surface area (Å²) in [5.41, 5.74) is 4.93. The number of halogens is 3. The first kappa shape index (κ1) is 19.8. The number of hydrazine groups is 1. The highest BCUT2D eigenvalue weighted by Gasteiger charge is 2.16. The van der Waals surface area contributed by atoms with E-state index in [2.05, 4.69) is 10.9 Å². The molecular weight excluding hydrogens is 382 g/mol. The van der Waals surface area contributed by atoms with Crippen molar-refractivity contribution in [2.75, 3.05) is 0 Å². The second-order valence-electron chi connectivity index (χ2n) is 5.15. The number of carbonyl (C=O) groups excluding carboxylic acids is 2. The maximum atomic E-state index is 13.5. The summed E-state index contributed by atoms with van der Waals surface area (Å²) in [7, 11) is 0. The third-order valence-electron chi connectivity index (χ3n) is 3.21. The first-order chi connectivity index (χ1) is 12.4. The molecule has 0 heterocycles. The summed E-state index contributed by atoms with van der Waals surface area (Å²) in [4.78, 5) is 23.7. The van der Waals surface area contributed by atoms with Gasteiger partial charge in [-0.05, 0) is 36.8 Å². The molecule has 2 N–H and O–H groups in total. The van der Waals surface area contributed by atoms with Gasteiger partial charge in [0.2, 0.25) is 0 Å². The molecule has 0 aromatic heterocycles. The lowest BCUT2D eigenvalue weighted by Gasteiger charge is -2.15. The maximum absolute atomic E-state index is 13.5. The van der Waals surface area contributed by atoms with Gasteiger partial charge in [-0.3, -0.25) is 20.4 Å². The summed E-state index contributed by atoms with van der Waals surface area (Å²) in [6.45, 7) is 1.43. The minimum absolute atomic E-state index is 0.0584. The van der Waals surface area contributed by atoms with Gasteiger partial charge < -0.3 is 4.74 Å². The van der Waals surface area contributed by atoms with Gasteiger partial charge in [0.15, 0.2) is 17.7 Å². The largest absolute Gasteiger partial charge is 0.478 e. The lowest BCUT2D eigenvalue weighted by molar-refractivity contribution is -0.131. The van der Waals surface area contributed by atoms with Gasteiger partial charge in [-0.25, -0.2) is 4.39 Å². The zero-order chi connectivity index (χ0) is 19.1. The van der Waals surface area contributed by atoms with E-state index in [9.17, 15) is 14.0 Å². The maximum Gasteiger partial charge on any atom is 0.279 e. The zero-order valence-corrected chi connectivity index (χ0v) is 15.1. The molecule has 8 heteroatoms. The molecule has 0 unspecified atom stereocenters. The van der Waals surface area contributed by atoms with E-state index in [0.29, 0.717) is 15.6 Å². The van der Waals surface area contributed by atoms with Crippen LogP contribution >= 0.6 is 23.2 Å². The van der Waals surface area contributed by atoms with Crippen molar-refractivity contribution in [3.63, 3.8) is 0 Å². The summed E-state index contributed by atoms with van der Waals surface area (Å²) >= 11 is 11.9. The SMILES string of the molecule is C[C@H](Oc1ccccc1F)C(=O)NNC(=O)/C=C/c1cccc(Cl)c1Cl. The molecule has 0 spiro atoms. The third-order valence-corrected chi connectivity index (χ3v) is 4.05. The summed E-state index contributed by atoms with van der Waals surface area (Å²) in [6, 6.07) is 10.7. The average Bonchev–Trinajstić information content (AvgIpc) is 2.62. The molecule has 5 nitrogen and oxygen atoms in total. The quantitative estimate of drug-likeness (QED) is 0.597. The van der Waals surface area contributed by atoms with Crippen LogP contribution in [0.25, 0.3) is 6.08 Å². The number of ether oxygens (including phenoxy) is 1. The number of rotatable bonds is 5. The van der Waals surface area contributed by atoms with E-state index in [4.69, 9.17) is 27.9 Å². The minimum atomic E-state index is -1.02. The van der Waals surface area contributed by atoms with Crippen molar-refractivity contribution in [3.05, 3.63) is 70.0 Å². The molecule has 2 rings (SSSR count). The van der Waals surface area contributed by atoms with Gasteiger partial charge in [-0.15, -0.1) is 0 Å². The second-order valence-corrected chi connectivity index (χ2v) is 5.93. The molecule has 136 valence electrons. The van der Waals surface area contributed by atoms with E-state index in [1.54, 1.807) is 24.3 Å². The van der Waals surface area contributed by atoms with Crippen LogP contribution in [-0.4, -0.2) is 17.9 Å². The highest BCUT2D eigenvalue weighted by atomic mass is 35.5. The lowest BCUT2D eigenvalue weighted by Crippen LogP contribution is -2.46. The molecule has 1 atom stereocenters. The van der Waals surface area contributed by atoms with Crippen molar-refractivity contribution in [1.29, 1.82) is 0 Å². The van der Waals surface area contributed by atoms with Gasteiger partial charge in [-0.2, -0.15) is 0 Å². The van der Waals surface area contributed by atoms with Gasteiger partial charge in [0.25, 0.3) is 11.8 Å². The van der Waals surface area contributed by atoms with Crippen molar-refractivity contribution in [3.8, 4) is 5.75 Å². The van der Waals surface area contributed by atoms with Crippen LogP contribution in [0.2, 0.25) is 10.0 Å². The third kappa shape index (κ3) is 5.47. The Morgan fingerprint density at radius 1 is 1.12 bits per heavy atom. The number of nitrogens with one attached hydrogen (secondary N) is 2. The molecule has 0 bridgehead atoms. The minimum Gasteiger partial charge on any atom is -0.478 e. The van der Waals surface area contributed by atoms with E-state index in [0.717, 1.165) is 0 Å². The van der Waals surface area contributed by atoms with Crippen LogP contribution in [0.4, 0.5) is 4.39 Å². The molecule has 0 fully saturated rings. The average molecular weight is 397 g/mol. The first-order valence-corrected chi connectivity index (χ1v) is 8.27. The fourth-order valence-corrected chi connectivity index (χ4v) is 2.24. The monoisotopic (exact) mass is 396 g/mol. The Balaban J connectivity index is 1.86. The Labute approximate surface area is 159 Å². The Morgan fingerprint density at radius 3 is 2.58 bits per heavy atom. The highest BCUT2D eigenvalue weighted by molar-refractivity contribution is 6.42. The fraction of sp³-hybridized carbons (Fsp3) is 0.111. The van der Waals surface area contributed by atoms with E-state index in [1.807, 2.05) is 0 Å². The Hall–Kier alpha value is -2.57. The molecule has 2 aromatic rings. The van der Waals surface area contributed by atoms with Gasteiger partial charge in [0.1, 0.15) is 0 Å². The Bertz CT molecular complexity index is 843. The topological polar surface area (TPSA) is 67.4 Å². The molecule has 0 aliphatic heterocycles. The van der Waals surface area contributed by atoms with Crippen molar-refractivity contribution >= 4 is 41.1 Å². The summed E-state index contributed by atoms with van der Waals surface area (Å²) in [5, 5.41) is 0.677. The number of hydrogen-bond donors (Lipinski definition) is 2. The van der Waals surface area contributed by atoms with Gasteiger partial charge in [0.05, 0.1) is 10.0 Å². The molecular formula is C18H15Cl2FN2O3. The predicted molar refractivity (Wildman–Crippen MR) is 98.3 cm³/mol. The summed E-state index contributed by atoms with van der Waals surface area (Å²) < 4.78 is 18.7. The number of para-hydroxylation sites is 1. The summed E-state index contributed by atoms with van der Waals surface area (Å²) in [5.74, 6) is -1.88. The van der Waals surface area contributed by atoms with Crippen LogP contribution in [0.1, 0.15) is 12.5 Å². The predicted octanol–water partition coefficient (Wildman–Crippen LogP) is 3.76. The van der Waals surface area contributed by atoms with Crippen molar-refractivity contribution < 1.29 is 18.7 Å². The molecule has 2 aromatic carbocycles. The van der Waals surface area contributed by atoms with Crippen LogP contribution in [0.15, 0.2) is 48.5 Å². The number of amides is 2. The fourth-order valence-electron chi connectivity index (χ4n) is 1.87. The van der Waals surface area contributed by atoms with Crippen LogP contribution in [0.5, 0.6) is 5.75 Å². The summed E-state index contributed by atoms with van der Waals surface area (Å²) in [6.07, 6.45) is 1.62. The van der Waals surface area contributed by atoms with E-state index in [1.165, 1.54) is 37.3 Å². The highest BCUT2D eigenvalue weighted by Crippen LogP contribution is 2.26. The van der Waals surface area contributed by atoms with Crippen LogP contribution in [0.3, 0.4) is 0 Å². The molecule has 0 saturated carbocycles. The van der Waals surface area contributed by atoms with E-state index in [-0.39, 0.29) is 5.75 Å². The molecule has 0 saturated heterocycles. The van der Waals surface area contributed by atoms with Crippen molar-refractivity contribution in [2.45, 2.75) is 13.0 Å². The van der Waals surface area contributed by atoms with Crippen LogP contribution < -0.4 is 15.6 Å². The standard InChI is InChI=1S/C18H15Cl2FN2O3/c1-11(26-15-8-3-2-7-14(15)21)18(25)23-22-16(24)10-9-12-5-4-6-13(19)17(12)20/h2-11H,1H3,(H,22,24)(H,23,25)/b10-9+/t11-/m0/s1.